The van der Waals surface area contributed by atoms with Crippen molar-refractivity contribution in [2.45, 2.75) is 13.0 Å². The minimum Gasteiger partial charge on any atom is -0.458 e. The second kappa shape index (κ2) is 3.94. The molecule has 0 aliphatic carbocycles. The minimum atomic E-state index is -1.19. The van der Waals surface area contributed by atoms with Gasteiger partial charge in [-0.3, -0.25) is 10.1 Å². The molecule has 2 rings (SSSR count). The average molecular weight is 221 g/mol. The molecule has 0 saturated heterocycles. The fraction of sp³-hybridized carbons (Fsp3) is 0.273. The third-order valence-electron chi connectivity index (χ3n) is 2.35. The van der Waals surface area contributed by atoms with Gasteiger partial charge in [0.25, 0.3) is 0 Å². The van der Waals surface area contributed by atoms with E-state index in [0.717, 1.165) is 10.9 Å². The summed E-state index contributed by atoms with van der Waals surface area (Å²) in [5.41, 5.74) is 1.68. The van der Waals surface area contributed by atoms with Gasteiger partial charge in [-0.1, -0.05) is 12.1 Å². The van der Waals surface area contributed by atoms with E-state index in [9.17, 15) is 15.2 Å². The Morgan fingerprint density at radius 1 is 1.50 bits per heavy atom. The molecule has 5 nitrogen and oxygen atoms in total. The Bertz CT molecular complexity index is 532. The Labute approximate surface area is 91.4 Å². The van der Waals surface area contributed by atoms with Crippen molar-refractivity contribution in [1.29, 1.82) is 0 Å². The van der Waals surface area contributed by atoms with Crippen LogP contribution in [0.5, 0.6) is 0 Å². The molecule has 16 heavy (non-hydrogen) atoms. The average Bonchev–Trinajstić information content (AvgIpc) is 2.59. The summed E-state index contributed by atoms with van der Waals surface area (Å²) in [6.07, 6.45) is -1.19. The number of furan rings is 1. The highest BCUT2D eigenvalue weighted by atomic mass is 16.6. The molecule has 0 spiro atoms. The third-order valence-corrected chi connectivity index (χ3v) is 2.35. The molecular weight excluding hydrogens is 210 g/mol. The molecule has 1 aromatic carbocycles. The van der Waals surface area contributed by atoms with Crippen LogP contribution in [0.2, 0.25) is 0 Å². The smallest absolute Gasteiger partial charge is 0.236 e. The molecule has 1 N–H and O–H groups in total. The van der Waals surface area contributed by atoms with Gasteiger partial charge >= 0.3 is 0 Å². The first kappa shape index (κ1) is 10.6. The number of aryl methyl sites for hydroxylation is 1. The lowest BCUT2D eigenvalue weighted by molar-refractivity contribution is -0.492. The van der Waals surface area contributed by atoms with Gasteiger partial charge in [-0.15, -0.1) is 0 Å². The summed E-state index contributed by atoms with van der Waals surface area (Å²) in [5, 5.41) is 20.6. The Morgan fingerprint density at radius 2 is 2.25 bits per heavy atom. The molecule has 0 saturated carbocycles. The maximum Gasteiger partial charge on any atom is 0.236 e. The molecule has 2 aromatic rings. The third kappa shape index (κ3) is 2.04. The van der Waals surface area contributed by atoms with Crippen molar-refractivity contribution in [1.82, 2.24) is 0 Å². The number of hydrogen-bond donors (Lipinski definition) is 1. The van der Waals surface area contributed by atoms with Gasteiger partial charge in [0.05, 0.1) is 0 Å². The maximum absolute atomic E-state index is 10.3. The molecule has 0 amide bonds. The van der Waals surface area contributed by atoms with Crippen LogP contribution >= 0.6 is 0 Å². The van der Waals surface area contributed by atoms with E-state index in [4.69, 9.17) is 4.42 Å². The second-order valence-electron chi connectivity index (χ2n) is 3.72. The largest absolute Gasteiger partial charge is 0.458 e. The van der Waals surface area contributed by atoms with Gasteiger partial charge in [0.2, 0.25) is 6.54 Å². The molecule has 0 radical (unpaired) electrons. The zero-order valence-electron chi connectivity index (χ0n) is 8.71. The number of aliphatic hydroxyl groups is 1. The van der Waals surface area contributed by atoms with Gasteiger partial charge in [0, 0.05) is 10.3 Å². The van der Waals surface area contributed by atoms with Crippen LogP contribution < -0.4 is 0 Å². The summed E-state index contributed by atoms with van der Waals surface area (Å²) in [7, 11) is 0. The Hall–Kier alpha value is -1.88. The van der Waals surface area contributed by atoms with Gasteiger partial charge in [-0.25, -0.2) is 0 Å². The van der Waals surface area contributed by atoms with Crippen LogP contribution in [-0.2, 0) is 0 Å². The maximum atomic E-state index is 10.3. The van der Waals surface area contributed by atoms with E-state index < -0.39 is 17.6 Å². The lowest BCUT2D eigenvalue weighted by Gasteiger charge is -2.00. The number of benzene rings is 1. The highest BCUT2D eigenvalue weighted by molar-refractivity contribution is 5.78. The van der Waals surface area contributed by atoms with E-state index in [-0.39, 0.29) is 5.76 Å². The number of rotatable bonds is 3. The Balaban J connectivity index is 2.35. The lowest BCUT2D eigenvalue weighted by Crippen LogP contribution is -2.10. The zero-order valence-corrected chi connectivity index (χ0v) is 8.71. The predicted molar refractivity (Wildman–Crippen MR) is 57.8 cm³/mol. The van der Waals surface area contributed by atoms with Crippen molar-refractivity contribution in [2.24, 2.45) is 0 Å². The summed E-state index contributed by atoms with van der Waals surface area (Å²) < 4.78 is 5.36. The van der Waals surface area contributed by atoms with Crippen molar-refractivity contribution in [3.05, 3.63) is 45.7 Å². The van der Waals surface area contributed by atoms with Crippen LogP contribution in [0.4, 0.5) is 0 Å². The standard InChI is InChI=1S/C11H11NO4/c1-7-2-3-8-5-11(16-10(8)4-7)9(13)6-12(14)15/h2-5,9,13H,6H2,1H3/t9-/m0/s1. The van der Waals surface area contributed by atoms with Crippen LogP contribution in [0.1, 0.15) is 17.4 Å². The monoisotopic (exact) mass is 221 g/mol. The number of hydrogen-bond acceptors (Lipinski definition) is 4. The Kier molecular flexibility index (Phi) is 2.62. The predicted octanol–water partition coefficient (Wildman–Crippen LogP) is 2.05. The topological polar surface area (TPSA) is 76.5 Å². The molecule has 0 bridgehead atoms. The first-order valence-corrected chi connectivity index (χ1v) is 4.86. The van der Waals surface area contributed by atoms with Gasteiger partial charge in [-0.2, -0.15) is 0 Å². The van der Waals surface area contributed by atoms with Crippen LogP contribution in [0.15, 0.2) is 28.7 Å². The van der Waals surface area contributed by atoms with E-state index in [0.29, 0.717) is 5.58 Å². The van der Waals surface area contributed by atoms with Gasteiger partial charge in [-0.05, 0) is 24.6 Å². The molecule has 1 heterocycles. The zero-order chi connectivity index (χ0) is 11.7. The first-order chi connectivity index (χ1) is 7.56. The van der Waals surface area contributed by atoms with Crippen molar-refractivity contribution in [3.8, 4) is 0 Å². The summed E-state index contributed by atoms with van der Waals surface area (Å²) >= 11 is 0. The van der Waals surface area contributed by atoms with E-state index in [2.05, 4.69) is 0 Å². The summed E-state index contributed by atoms with van der Waals surface area (Å²) in [5.74, 6) is 0.234. The molecule has 0 aliphatic heterocycles. The molecule has 5 heteroatoms. The lowest BCUT2D eigenvalue weighted by atomic mass is 10.2. The van der Waals surface area contributed by atoms with Crippen molar-refractivity contribution >= 4 is 11.0 Å². The van der Waals surface area contributed by atoms with Crippen LogP contribution in [0, 0.1) is 17.0 Å². The van der Waals surface area contributed by atoms with E-state index in [1.165, 1.54) is 0 Å². The molecule has 0 unspecified atom stereocenters. The quantitative estimate of drug-likeness (QED) is 0.635. The van der Waals surface area contributed by atoms with Crippen molar-refractivity contribution in [2.75, 3.05) is 6.54 Å². The van der Waals surface area contributed by atoms with Gasteiger partial charge in [0.15, 0.2) is 6.10 Å². The highest BCUT2D eigenvalue weighted by Crippen LogP contribution is 2.24. The summed E-state index contributed by atoms with van der Waals surface area (Å²) in [4.78, 5) is 9.69. The van der Waals surface area contributed by atoms with Crippen molar-refractivity contribution < 1.29 is 14.4 Å². The van der Waals surface area contributed by atoms with Crippen LogP contribution in [0.3, 0.4) is 0 Å². The minimum absolute atomic E-state index is 0.234. The van der Waals surface area contributed by atoms with Crippen molar-refractivity contribution in [3.63, 3.8) is 0 Å². The van der Waals surface area contributed by atoms with E-state index in [1.807, 2.05) is 25.1 Å². The molecular formula is C11H11NO4. The number of nitro groups is 1. The normalized spacial score (nSPS) is 12.9. The van der Waals surface area contributed by atoms with E-state index >= 15 is 0 Å². The summed E-state index contributed by atoms with van der Waals surface area (Å²) in [6, 6.07) is 7.23. The number of aliphatic hydroxyl groups excluding tert-OH is 1. The molecule has 1 atom stereocenters. The Morgan fingerprint density at radius 3 is 2.94 bits per heavy atom. The van der Waals surface area contributed by atoms with Crippen LogP contribution in [-0.4, -0.2) is 16.6 Å². The fourth-order valence-corrected chi connectivity index (χ4v) is 1.55. The van der Waals surface area contributed by atoms with Gasteiger partial charge < -0.3 is 9.52 Å². The summed E-state index contributed by atoms with van der Waals surface area (Å²) in [6.45, 7) is 1.38. The van der Waals surface area contributed by atoms with Gasteiger partial charge in [0.1, 0.15) is 11.3 Å². The number of fused-ring (bicyclic) bond motifs is 1. The molecule has 0 fully saturated rings. The fourth-order valence-electron chi connectivity index (χ4n) is 1.55. The molecule has 0 aliphatic rings. The molecule has 84 valence electrons. The van der Waals surface area contributed by atoms with Crippen LogP contribution in [0.25, 0.3) is 11.0 Å². The highest BCUT2D eigenvalue weighted by Gasteiger charge is 2.18. The second-order valence-corrected chi connectivity index (χ2v) is 3.72. The SMILES string of the molecule is Cc1ccc2cc([C@@H](O)C[N+](=O)[O-])oc2c1. The molecule has 1 aromatic heterocycles. The number of nitrogens with zero attached hydrogens (tertiary/aromatic N) is 1. The van der Waals surface area contributed by atoms with E-state index in [1.54, 1.807) is 6.07 Å². The first-order valence-electron chi connectivity index (χ1n) is 4.86.